The van der Waals surface area contributed by atoms with E-state index in [2.05, 4.69) is 40.0 Å². The summed E-state index contributed by atoms with van der Waals surface area (Å²) in [7, 11) is 0. The molecule has 1 aromatic heterocycles. The zero-order chi connectivity index (χ0) is 16.8. The van der Waals surface area contributed by atoms with Gasteiger partial charge in [0.1, 0.15) is 11.9 Å². The maximum absolute atomic E-state index is 5.90. The summed E-state index contributed by atoms with van der Waals surface area (Å²) in [5, 5.41) is 0. The zero-order valence-corrected chi connectivity index (χ0v) is 14.4. The summed E-state index contributed by atoms with van der Waals surface area (Å²) in [5.74, 6) is 1.58. The number of benzene rings is 1. The molecule has 0 amide bonds. The number of aryl methyl sites for hydroxylation is 1. The van der Waals surface area contributed by atoms with Gasteiger partial charge in [-0.05, 0) is 49.9 Å². The molecule has 2 aromatic rings. The van der Waals surface area contributed by atoms with Gasteiger partial charge in [-0.15, -0.1) is 0 Å². The topological polar surface area (TPSA) is 47.5 Å². The lowest BCUT2D eigenvalue weighted by Crippen LogP contribution is -2.38. The number of aromatic nitrogens is 2. The minimum atomic E-state index is 0.236. The number of hydrogen-bond donors (Lipinski definition) is 0. The molecule has 1 aliphatic heterocycles. The van der Waals surface area contributed by atoms with Crippen molar-refractivity contribution in [2.75, 3.05) is 19.7 Å². The summed E-state index contributed by atoms with van der Waals surface area (Å²) in [6, 6.07) is 6.38. The lowest BCUT2D eigenvalue weighted by Gasteiger charge is -2.32. The molecule has 24 heavy (non-hydrogen) atoms. The predicted molar refractivity (Wildman–Crippen MR) is 93.3 cm³/mol. The van der Waals surface area contributed by atoms with Crippen molar-refractivity contribution in [3.8, 4) is 11.6 Å². The first-order chi connectivity index (χ1) is 11.7. The zero-order valence-electron chi connectivity index (χ0n) is 14.4. The van der Waals surface area contributed by atoms with E-state index in [-0.39, 0.29) is 6.10 Å². The molecule has 128 valence electrons. The van der Waals surface area contributed by atoms with Crippen LogP contribution in [0.2, 0.25) is 0 Å². The molecule has 0 N–H and O–H groups in total. The van der Waals surface area contributed by atoms with E-state index in [0.29, 0.717) is 12.5 Å². The van der Waals surface area contributed by atoms with Crippen molar-refractivity contribution in [1.82, 2.24) is 14.9 Å². The maximum Gasteiger partial charge on any atom is 0.232 e. The summed E-state index contributed by atoms with van der Waals surface area (Å²) in [6.45, 7) is 7.93. The third-order valence-corrected chi connectivity index (χ3v) is 4.38. The van der Waals surface area contributed by atoms with E-state index in [0.717, 1.165) is 38.2 Å². The fraction of sp³-hybridized carbons (Fsp3) is 0.474. The summed E-state index contributed by atoms with van der Waals surface area (Å²) < 4.78 is 11.5. The van der Waals surface area contributed by atoms with Crippen LogP contribution in [0.3, 0.4) is 0 Å². The molecule has 3 rings (SSSR count). The Morgan fingerprint density at radius 3 is 2.71 bits per heavy atom. The van der Waals surface area contributed by atoms with Crippen LogP contribution in [0.4, 0.5) is 0 Å². The molecule has 0 bridgehead atoms. The van der Waals surface area contributed by atoms with Crippen LogP contribution in [0.15, 0.2) is 36.8 Å². The average Bonchev–Trinajstić information content (AvgIpc) is 2.60. The fourth-order valence-electron chi connectivity index (χ4n) is 3.05. The second-order valence-electron chi connectivity index (χ2n) is 6.16. The van der Waals surface area contributed by atoms with Crippen LogP contribution in [0, 0.1) is 6.92 Å². The minimum absolute atomic E-state index is 0.236. The summed E-state index contributed by atoms with van der Waals surface area (Å²) >= 11 is 0. The molecule has 5 nitrogen and oxygen atoms in total. The molecular formula is C19H25N3O2. The molecule has 0 unspecified atom stereocenters. The Labute approximate surface area is 143 Å². The summed E-state index contributed by atoms with van der Waals surface area (Å²) in [4.78, 5) is 10.7. The Balaban J connectivity index is 1.50. The van der Waals surface area contributed by atoms with E-state index in [1.54, 1.807) is 18.6 Å². The van der Waals surface area contributed by atoms with Crippen molar-refractivity contribution in [2.24, 2.45) is 0 Å². The van der Waals surface area contributed by atoms with Gasteiger partial charge in [-0.25, -0.2) is 4.98 Å². The Kier molecular flexibility index (Phi) is 5.64. The SMILES string of the molecule is CCOc1ccc(CN2CCC(Oc3cnccn3)CC2)c(C)c1. The number of nitrogens with zero attached hydrogens (tertiary/aromatic N) is 3. The van der Waals surface area contributed by atoms with Crippen LogP contribution in [0.1, 0.15) is 30.9 Å². The van der Waals surface area contributed by atoms with Crippen molar-refractivity contribution >= 4 is 0 Å². The quantitative estimate of drug-likeness (QED) is 0.815. The summed E-state index contributed by atoms with van der Waals surface area (Å²) in [5.41, 5.74) is 2.66. The van der Waals surface area contributed by atoms with Crippen LogP contribution in [-0.4, -0.2) is 40.7 Å². The number of hydrogen-bond acceptors (Lipinski definition) is 5. The molecule has 2 heterocycles. The third kappa shape index (κ3) is 4.45. The van der Waals surface area contributed by atoms with E-state index in [9.17, 15) is 0 Å². The molecule has 0 aliphatic carbocycles. The van der Waals surface area contributed by atoms with Crippen LogP contribution in [0.5, 0.6) is 11.6 Å². The lowest BCUT2D eigenvalue weighted by molar-refractivity contribution is 0.0928. The number of likely N-dealkylation sites (tertiary alicyclic amines) is 1. The van der Waals surface area contributed by atoms with Gasteiger partial charge in [0.2, 0.25) is 5.88 Å². The first-order valence-electron chi connectivity index (χ1n) is 8.62. The van der Waals surface area contributed by atoms with Crippen molar-refractivity contribution in [3.63, 3.8) is 0 Å². The highest BCUT2D eigenvalue weighted by Gasteiger charge is 2.21. The van der Waals surface area contributed by atoms with Crippen molar-refractivity contribution in [1.29, 1.82) is 0 Å². The molecule has 1 aromatic carbocycles. The number of rotatable bonds is 6. The predicted octanol–water partition coefficient (Wildman–Crippen LogP) is 3.23. The lowest BCUT2D eigenvalue weighted by atomic mass is 10.0. The highest BCUT2D eigenvalue weighted by Crippen LogP contribution is 2.22. The Hall–Kier alpha value is -2.14. The van der Waals surface area contributed by atoms with Crippen LogP contribution < -0.4 is 9.47 Å². The van der Waals surface area contributed by atoms with Crippen molar-refractivity contribution < 1.29 is 9.47 Å². The highest BCUT2D eigenvalue weighted by molar-refractivity contribution is 5.34. The van der Waals surface area contributed by atoms with Crippen molar-refractivity contribution in [2.45, 2.75) is 39.3 Å². The highest BCUT2D eigenvalue weighted by atomic mass is 16.5. The van der Waals surface area contributed by atoms with Crippen LogP contribution in [0.25, 0.3) is 0 Å². The molecule has 0 spiro atoms. The molecular weight excluding hydrogens is 302 g/mol. The van der Waals surface area contributed by atoms with Gasteiger partial charge in [-0.2, -0.15) is 0 Å². The van der Waals surface area contributed by atoms with Crippen molar-refractivity contribution in [3.05, 3.63) is 47.9 Å². The van der Waals surface area contributed by atoms with E-state index in [4.69, 9.17) is 9.47 Å². The maximum atomic E-state index is 5.90. The molecule has 0 radical (unpaired) electrons. The van der Waals surface area contributed by atoms with E-state index in [1.165, 1.54) is 11.1 Å². The van der Waals surface area contributed by atoms with Gasteiger partial charge in [0.05, 0.1) is 12.8 Å². The van der Waals surface area contributed by atoms with Gasteiger partial charge in [0.15, 0.2) is 0 Å². The average molecular weight is 327 g/mol. The summed E-state index contributed by atoms with van der Waals surface area (Å²) in [6.07, 6.45) is 7.28. The van der Waals surface area contributed by atoms with Gasteiger partial charge in [-0.1, -0.05) is 6.07 Å². The molecule has 1 fully saturated rings. The molecule has 0 atom stereocenters. The Morgan fingerprint density at radius 2 is 2.04 bits per heavy atom. The molecule has 1 aliphatic rings. The van der Waals surface area contributed by atoms with Gasteiger partial charge < -0.3 is 9.47 Å². The third-order valence-electron chi connectivity index (χ3n) is 4.38. The Morgan fingerprint density at radius 1 is 1.21 bits per heavy atom. The minimum Gasteiger partial charge on any atom is -0.494 e. The number of ether oxygens (including phenoxy) is 2. The van der Waals surface area contributed by atoms with Gasteiger partial charge in [0.25, 0.3) is 0 Å². The first-order valence-corrected chi connectivity index (χ1v) is 8.62. The number of piperidine rings is 1. The standard InChI is InChI=1S/C19H25N3O2/c1-3-23-18-5-4-16(15(2)12-18)14-22-10-6-17(7-11-22)24-19-13-20-8-9-21-19/h4-5,8-9,12-13,17H,3,6-7,10-11,14H2,1-2H3. The first kappa shape index (κ1) is 16.7. The normalized spacial score (nSPS) is 16.1. The van der Waals surface area contributed by atoms with E-state index in [1.807, 2.05) is 6.92 Å². The molecule has 1 saturated heterocycles. The Bertz CT molecular complexity index is 640. The van der Waals surface area contributed by atoms with Gasteiger partial charge >= 0.3 is 0 Å². The van der Waals surface area contributed by atoms with Crippen LogP contribution >= 0.6 is 0 Å². The fourth-order valence-corrected chi connectivity index (χ4v) is 3.05. The second kappa shape index (κ2) is 8.11. The molecule has 5 heteroatoms. The molecule has 0 saturated carbocycles. The smallest absolute Gasteiger partial charge is 0.232 e. The second-order valence-corrected chi connectivity index (χ2v) is 6.16. The largest absolute Gasteiger partial charge is 0.494 e. The van der Waals surface area contributed by atoms with E-state index >= 15 is 0 Å². The van der Waals surface area contributed by atoms with Gasteiger partial charge in [-0.3, -0.25) is 9.88 Å². The van der Waals surface area contributed by atoms with Crippen LogP contribution in [-0.2, 0) is 6.54 Å². The van der Waals surface area contributed by atoms with Gasteiger partial charge in [0, 0.05) is 32.0 Å². The van der Waals surface area contributed by atoms with E-state index < -0.39 is 0 Å². The monoisotopic (exact) mass is 327 g/mol.